The molecule has 0 bridgehead atoms. The Balaban J connectivity index is 1.79. The summed E-state index contributed by atoms with van der Waals surface area (Å²) in [6.07, 6.45) is 0.299. The van der Waals surface area contributed by atoms with Crippen molar-refractivity contribution in [3.05, 3.63) is 59.7 Å². The molecule has 138 valence electrons. The zero-order valence-electron chi connectivity index (χ0n) is 15.1. The van der Waals surface area contributed by atoms with E-state index in [1.54, 1.807) is 38.3 Å². The second-order valence-electron chi connectivity index (χ2n) is 5.59. The summed E-state index contributed by atoms with van der Waals surface area (Å²) in [5.41, 5.74) is 1.93. The molecule has 0 unspecified atom stereocenters. The first-order valence-corrected chi connectivity index (χ1v) is 8.53. The van der Waals surface area contributed by atoms with Gasteiger partial charge in [-0.15, -0.1) is 0 Å². The Morgan fingerprint density at radius 2 is 1.77 bits per heavy atom. The maximum atomic E-state index is 12.1. The molecule has 2 aromatic rings. The number of amides is 1. The Labute approximate surface area is 153 Å². The highest BCUT2D eigenvalue weighted by molar-refractivity contribution is 6.01. The lowest BCUT2D eigenvalue weighted by atomic mass is 10.1. The minimum Gasteiger partial charge on any atom is -0.497 e. The Morgan fingerprint density at radius 1 is 1.04 bits per heavy atom. The molecule has 0 heterocycles. The molecule has 0 aliphatic heterocycles. The molecule has 2 aromatic carbocycles. The molecular formula is C20H24N2O4. The molecule has 2 rings (SSSR count). The van der Waals surface area contributed by atoms with E-state index >= 15 is 0 Å². The number of hydrogen-bond donors (Lipinski definition) is 2. The fourth-order valence-electron chi connectivity index (χ4n) is 2.37. The SMILES string of the molecule is CCOC(=O)c1ccccc1NC(=O)CCNCc1ccc(OC)cc1. The van der Waals surface area contributed by atoms with Gasteiger partial charge in [0, 0.05) is 19.5 Å². The molecule has 0 spiro atoms. The summed E-state index contributed by atoms with van der Waals surface area (Å²) >= 11 is 0. The Kier molecular flexibility index (Phi) is 7.64. The number of esters is 1. The number of hydrogen-bond acceptors (Lipinski definition) is 5. The molecule has 0 saturated heterocycles. The van der Waals surface area contributed by atoms with Gasteiger partial charge in [0.25, 0.3) is 0 Å². The van der Waals surface area contributed by atoms with Gasteiger partial charge in [0.2, 0.25) is 5.91 Å². The van der Waals surface area contributed by atoms with Crippen LogP contribution in [0.25, 0.3) is 0 Å². The third-order valence-electron chi connectivity index (χ3n) is 3.71. The summed E-state index contributed by atoms with van der Waals surface area (Å²) in [5, 5.41) is 5.99. The molecule has 0 saturated carbocycles. The minimum absolute atomic E-state index is 0.163. The Morgan fingerprint density at radius 3 is 2.46 bits per heavy atom. The zero-order chi connectivity index (χ0) is 18.8. The third kappa shape index (κ3) is 5.89. The van der Waals surface area contributed by atoms with Crippen LogP contribution in [-0.4, -0.2) is 32.1 Å². The molecule has 0 aliphatic rings. The molecule has 26 heavy (non-hydrogen) atoms. The summed E-state index contributed by atoms with van der Waals surface area (Å²) in [7, 11) is 1.63. The van der Waals surface area contributed by atoms with Gasteiger partial charge in [0.15, 0.2) is 0 Å². The van der Waals surface area contributed by atoms with Crippen LogP contribution in [0.15, 0.2) is 48.5 Å². The fourth-order valence-corrected chi connectivity index (χ4v) is 2.37. The smallest absolute Gasteiger partial charge is 0.340 e. The summed E-state index contributed by atoms with van der Waals surface area (Å²) in [5.74, 6) is 0.207. The van der Waals surface area contributed by atoms with Crippen LogP contribution < -0.4 is 15.4 Å². The van der Waals surface area contributed by atoms with Gasteiger partial charge in [-0.3, -0.25) is 4.79 Å². The molecule has 0 aromatic heterocycles. The predicted molar refractivity (Wildman–Crippen MR) is 100 cm³/mol. The predicted octanol–water partition coefficient (Wildman–Crippen LogP) is 2.99. The lowest BCUT2D eigenvalue weighted by Crippen LogP contribution is -2.22. The van der Waals surface area contributed by atoms with E-state index in [0.29, 0.717) is 30.8 Å². The molecular weight excluding hydrogens is 332 g/mol. The van der Waals surface area contributed by atoms with Crippen molar-refractivity contribution in [3.63, 3.8) is 0 Å². The van der Waals surface area contributed by atoms with Crippen LogP contribution >= 0.6 is 0 Å². The van der Waals surface area contributed by atoms with Crippen molar-refractivity contribution in [1.82, 2.24) is 5.32 Å². The van der Waals surface area contributed by atoms with Crippen LogP contribution in [0.1, 0.15) is 29.3 Å². The average Bonchev–Trinajstić information content (AvgIpc) is 2.66. The van der Waals surface area contributed by atoms with Gasteiger partial charge in [0.05, 0.1) is 25.0 Å². The highest BCUT2D eigenvalue weighted by Gasteiger charge is 2.13. The number of ether oxygens (including phenoxy) is 2. The van der Waals surface area contributed by atoms with Gasteiger partial charge in [-0.1, -0.05) is 24.3 Å². The number of benzene rings is 2. The molecule has 6 nitrogen and oxygen atoms in total. The molecule has 1 amide bonds. The number of methoxy groups -OCH3 is 1. The lowest BCUT2D eigenvalue weighted by Gasteiger charge is -2.10. The largest absolute Gasteiger partial charge is 0.497 e. The zero-order valence-corrected chi connectivity index (χ0v) is 15.1. The normalized spacial score (nSPS) is 10.2. The van der Waals surface area contributed by atoms with Crippen molar-refractivity contribution in [3.8, 4) is 5.75 Å². The number of para-hydroxylation sites is 1. The quantitative estimate of drug-likeness (QED) is 0.534. The molecule has 0 fully saturated rings. The minimum atomic E-state index is -0.443. The third-order valence-corrected chi connectivity index (χ3v) is 3.71. The number of carbonyl (C=O) groups excluding carboxylic acids is 2. The number of carbonyl (C=O) groups is 2. The molecule has 2 N–H and O–H groups in total. The van der Waals surface area contributed by atoms with Gasteiger partial charge in [0.1, 0.15) is 5.75 Å². The van der Waals surface area contributed by atoms with Crippen LogP contribution in [0.3, 0.4) is 0 Å². The van der Waals surface area contributed by atoms with Crippen molar-refractivity contribution in [2.24, 2.45) is 0 Å². The van der Waals surface area contributed by atoms with Crippen molar-refractivity contribution in [2.75, 3.05) is 25.6 Å². The van der Waals surface area contributed by atoms with E-state index in [-0.39, 0.29) is 12.5 Å². The Bertz CT molecular complexity index is 729. The monoisotopic (exact) mass is 356 g/mol. The summed E-state index contributed by atoms with van der Waals surface area (Å²) in [6, 6.07) is 14.6. The maximum absolute atomic E-state index is 12.1. The average molecular weight is 356 g/mol. The van der Waals surface area contributed by atoms with E-state index in [4.69, 9.17) is 9.47 Å². The summed E-state index contributed by atoms with van der Waals surface area (Å²) in [4.78, 5) is 24.0. The van der Waals surface area contributed by atoms with Gasteiger partial charge >= 0.3 is 5.97 Å². The molecule has 0 aliphatic carbocycles. The number of rotatable bonds is 9. The van der Waals surface area contributed by atoms with E-state index in [1.807, 2.05) is 24.3 Å². The lowest BCUT2D eigenvalue weighted by molar-refractivity contribution is -0.116. The van der Waals surface area contributed by atoms with Gasteiger partial charge in [-0.25, -0.2) is 4.79 Å². The van der Waals surface area contributed by atoms with Crippen molar-refractivity contribution in [2.45, 2.75) is 19.9 Å². The molecule has 0 radical (unpaired) electrons. The fraction of sp³-hybridized carbons (Fsp3) is 0.300. The highest BCUT2D eigenvalue weighted by atomic mass is 16.5. The van der Waals surface area contributed by atoms with Crippen LogP contribution in [0, 0.1) is 0 Å². The first kappa shape index (κ1) is 19.5. The van der Waals surface area contributed by atoms with E-state index in [0.717, 1.165) is 11.3 Å². The second kappa shape index (κ2) is 10.2. The first-order valence-electron chi connectivity index (χ1n) is 8.53. The van der Waals surface area contributed by atoms with Crippen LogP contribution in [0.2, 0.25) is 0 Å². The molecule has 0 atom stereocenters. The summed E-state index contributed by atoms with van der Waals surface area (Å²) < 4.78 is 10.1. The van der Waals surface area contributed by atoms with E-state index in [2.05, 4.69) is 10.6 Å². The molecule has 6 heteroatoms. The van der Waals surface area contributed by atoms with E-state index in [1.165, 1.54) is 0 Å². The van der Waals surface area contributed by atoms with Crippen LogP contribution in [0.4, 0.5) is 5.69 Å². The van der Waals surface area contributed by atoms with Crippen LogP contribution in [-0.2, 0) is 16.1 Å². The van der Waals surface area contributed by atoms with E-state index < -0.39 is 5.97 Å². The van der Waals surface area contributed by atoms with Gasteiger partial charge < -0.3 is 20.1 Å². The summed E-state index contributed by atoms with van der Waals surface area (Å²) in [6.45, 7) is 3.22. The number of nitrogens with one attached hydrogen (secondary N) is 2. The van der Waals surface area contributed by atoms with Crippen LogP contribution in [0.5, 0.6) is 5.75 Å². The van der Waals surface area contributed by atoms with Gasteiger partial charge in [-0.05, 0) is 36.8 Å². The second-order valence-corrected chi connectivity index (χ2v) is 5.59. The Hall–Kier alpha value is -2.86. The first-order chi connectivity index (χ1) is 12.6. The van der Waals surface area contributed by atoms with E-state index in [9.17, 15) is 9.59 Å². The number of anilines is 1. The van der Waals surface area contributed by atoms with Gasteiger partial charge in [-0.2, -0.15) is 0 Å². The van der Waals surface area contributed by atoms with Crippen molar-refractivity contribution in [1.29, 1.82) is 0 Å². The topological polar surface area (TPSA) is 76.7 Å². The van der Waals surface area contributed by atoms with Crippen molar-refractivity contribution < 1.29 is 19.1 Å². The standard InChI is InChI=1S/C20H24N2O4/c1-3-26-20(24)17-6-4-5-7-18(17)22-19(23)12-13-21-14-15-8-10-16(25-2)11-9-15/h4-11,21H,3,12-14H2,1-2H3,(H,22,23). The van der Waals surface area contributed by atoms with Crippen molar-refractivity contribution >= 4 is 17.6 Å². The highest BCUT2D eigenvalue weighted by Crippen LogP contribution is 2.16. The maximum Gasteiger partial charge on any atom is 0.340 e.